The zero-order valence-corrected chi connectivity index (χ0v) is 14.6. The maximum atomic E-state index is 12.6. The minimum atomic E-state index is -1.31. The summed E-state index contributed by atoms with van der Waals surface area (Å²) in [4.78, 5) is 23.9. The first-order valence-corrected chi connectivity index (χ1v) is 8.33. The number of carbonyl (C=O) groups excluding carboxylic acids is 2. The highest BCUT2D eigenvalue weighted by Crippen LogP contribution is 2.62. The Morgan fingerprint density at radius 3 is 2.48 bits per heavy atom. The van der Waals surface area contributed by atoms with Crippen LogP contribution in [-0.2, 0) is 9.59 Å². The van der Waals surface area contributed by atoms with Crippen LogP contribution in [0.4, 0.5) is 0 Å². The van der Waals surface area contributed by atoms with Crippen molar-refractivity contribution in [2.45, 2.75) is 57.7 Å². The van der Waals surface area contributed by atoms with Gasteiger partial charge < -0.3 is 21.5 Å². The van der Waals surface area contributed by atoms with Gasteiger partial charge in [-0.05, 0) is 36.1 Å². The third-order valence-corrected chi connectivity index (χ3v) is 6.15. The number of hydrogen-bond acceptors (Lipinski definition) is 4. The van der Waals surface area contributed by atoms with E-state index in [9.17, 15) is 14.7 Å². The molecule has 0 bridgehead atoms. The highest BCUT2D eigenvalue weighted by molar-refractivity contribution is 5.86. The van der Waals surface area contributed by atoms with Crippen LogP contribution in [-0.4, -0.2) is 41.7 Å². The number of amides is 2. The summed E-state index contributed by atoms with van der Waals surface area (Å²) >= 11 is 0. The van der Waals surface area contributed by atoms with E-state index in [1.807, 2.05) is 0 Å². The molecule has 5 N–H and O–H groups in total. The molecule has 3 rings (SSSR count). The smallest absolute Gasteiger partial charge is 0.248 e. The molecule has 0 spiro atoms. The number of carbonyl (C=O) groups is 2. The predicted molar refractivity (Wildman–Crippen MR) is 88.9 cm³/mol. The SMILES string of the molecule is CC1(C)C2CN[C@H](C(=O)NC(CC3CCC3)C(O)C(N)=O)[C@H]21.Cl. The molecular weight excluding hydrogens is 318 g/mol. The van der Waals surface area contributed by atoms with Crippen molar-refractivity contribution in [3.63, 3.8) is 0 Å². The van der Waals surface area contributed by atoms with Crippen molar-refractivity contribution in [3.05, 3.63) is 0 Å². The second-order valence-corrected chi connectivity index (χ2v) is 7.83. The van der Waals surface area contributed by atoms with E-state index in [4.69, 9.17) is 5.73 Å². The van der Waals surface area contributed by atoms with E-state index >= 15 is 0 Å². The maximum Gasteiger partial charge on any atom is 0.248 e. The fourth-order valence-electron chi connectivity index (χ4n) is 4.30. The lowest BCUT2D eigenvalue weighted by atomic mass is 9.79. The summed E-state index contributed by atoms with van der Waals surface area (Å²) in [5.41, 5.74) is 5.43. The van der Waals surface area contributed by atoms with Crippen molar-refractivity contribution < 1.29 is 14.7 Å². The van der Waals surface area contributed by atoms with Crippen molar-refractivity contribution in [2.75, 3.05) is 6.54 Å². The van der Waals surface area contributed by atoms with Crippen molar-refractivity contribution >= 4 is 24.2 Å². The lowest BCUT2D eigenvalue weighted by Crippen LogP contribution is -2.55. The van der Waals surface area contributed by atoms with Crippen LogP contribution >= 0.6 is 12.4 Å². The van der Waals surface area contributed by atoms with E-state index in [1.54, 1.807) is 0 Å². The fraction of sp³-hybridized carbons (Fsp3) is 0.875. The van der Waals surface area contributed by atoms with Gasteiger partial charge in [-0.25, -0.2) is 0 Å². The molecule has 6 nitrogen and oxygen atoms in total. The van der Waals surface area contributed by atoms with E-state index in [0.29, 0.717) is 24.2 Å². The largest absolute Gasteiger partial charge is 0.381 e. The molecule has 23 heavy (non-hydrogen) atoms. The van der Waals surface area contributed by atoms with Gasteiger partial charge in [-0.1, -0.05) is 33.1 Å². The Morgan fingerprint density at radius 2 is 2.04 bits per heavy atom. The quantitative estimate of drug-likeness (QED) is 0.551. The van der Waals surface area contributed by atoms with Crippen LogP contribution in [0.25, 0.3) is 0 Å². The molecule has 2 saturated carbocycles. The second kappa shape index (κ2) is 6.57. The third kappa shape index (κ3) is 3.35. The zero-order valence-electron chi connectivity index (χ0n) is 13.7. The third-order valence-electron chi connectivity index (χ3n) is 6.15. The number of halogens is 1. The first-order chi connectivity index (χ1) is 10.3. The Kier molecular flexibility index (Phi) is 5.28. The van der Waals surface area contributed by atoms with Crippen molar-refractivity contribution in [3.8, 4) is 0 Å². The van der Waals surface area contributed by atoms with Gasteiger partial charge in [-0.15, -0.1) is 12.4 Å². The molecule has 7 heteroatoms. The van der Waals surface area contributed by atoms with Gasteiger partial charge in [0, 0.05) is 0 Å². The number of rotatable bonds is 6. The lowest BCUT2D eigenvalue weighted by molar-refractivity contribution is -0.130. The molecule has 3 fully saturated rings. The number of fused-ring (bicyclic) bond motifs is 1. The molecule has 0 aromatic carbocycles. The van der Waals surface area contributed by atoms with Gasteiger partial charge in [-0.3, -0.25) is 9.59 Å². The summed E-state index contributed by atoms with van der Waals surface area (Å²) in [7, 11) is 0. The summed E-state index contributed by atoms with van der Waals surface area (Å²) in [5.74, 6) is 0.495. The summed E-state index contributed by atoms with van der Waals surface area (Å²) in [6.45, 7) is 5.24. The Morgan fingerprint density at radius 1 is 1.39 bits per heavy atom. The monoisotopic (exact) mass is 345 g/mol. The van der Waals surface area contributed by atoms with E-state index in [0.717, 1.165) is 19.4 Å². The molecule has 1 saturated heterocycles. The van der Waals surface area contributed by atoms with E-state index < -0.39 is 18.1 Å². The molecule has 5 atom stereocenters. The van der Waals surface area contributed by atoms with Crippen LogP contribution in [0.2, 0.25) is 0 Å². The Labute approximate surface area is 143 Å². The van der Waals surface area contributed by atoms with E-state index in [-0.39, 0.29) is 29.8 Å². The molecule has 0 aromatic heterocycles. The maximum absolute atomic E-state index is 12.6. The minimum Gasteiger partial charge on any atom is -0.381 e. The standard InChI is InChI=1S/C16H27N3O3.ClH/c1-16(2)9-7-18-12(11(9)16)15(22)19-10(13(20)14(17)21)6-8-4-3-5-8;/h8-13,18,20H,3-7H2,1-2H3,(H2,17,21)(H,19,22);1H/t9?,10?,11-,12-,13?;/m0./s1. The van der Waals surface area contributed by atoms with E-state index in [2.05, 4.69) is 24.5 Å². The van der Waals surface area contributed by atoms with Crippen LogP contribution in [0.5, 0.6) is 0 Å². The predicted octanol–water partition coefficient (Wildman–Crippen LogP) is 0.173. The zero-order chi connectivity index (χ0) is 16.1. The van der Waals surface area contributed by atoms with Crippen LogP contribution in [0, 0.1) is 23.2 Å². The molecule has 0 radical (unpaired) electrons. The molecule has 0 aromatic rings. The van der Waals surface area contributed by atoms with Gasteiger partial charge in [0.1, 0.15) is 0 Å². The molecule has 3 unspecified atom stereocenters. The Balaban J connectivity index is 0.00000192. The number of aliphatic hydroxyl groups excluding tert-OH is 1. The summed E-state index contributed by atoms with van der Waals surface area (Å²) in [6, 6.07) is -0.790. The number of nitrogens with one attached hydrogen (secondary N) is 2. The Bertz CT molecular complexity index is 481. The molecule has 1 heterocycles. The fourth-order valence-corrected chi connectivity index (χ4v) is 4.30. The summed E-state index contributed by atoms with van der Waals surface area (Å²) < 4.78 is 0. The van der Waals surface area contributed by atoms with Gasteiger partial charge >= 0.3 is 0 Å². The topological polar surface area (TPSA) is 104 Å². The first-order valence-electron chi connectivity index (χ1n) is 8.33. The number of primary amides is 1. The molecular formula is C16H28ClN3O3. The average Bonchev–Trinajstić information content (AvgIpc) is 2.77. The molecule has 2 aliphatic carbocycles. The van der Waals surface area contributed by atoms with Crippen LogP contribution in [0.15, 0.2) is 0 Å². The van der Waals surface area contributed by atoms with Gasteiger partial charge in [0.25, 0.3) is 0 Å². The lowest BCUT2D eigenvalue weighted by Gasteiger charge is -2.32. The highest BCUT2D eigenvalue weighted by atomic mass is 35.5. The molecule has 132 valence electrons. The number of piperidine rings is 1. The first kappa shape index (κ1) is 18.5. The normalized spacial score (nSPS) is 33.6. The van der Waals surface area contributed by atoms with Crippen molar-refractivity contribution in [2.24, 2.45) is 28.9 Å². The molecule has 3 aliphatic rings. The number of hydrogen-bond donors (Lipinski definition) is 4. The van der Waals surface area contributed by atoms with Crippen LogP contribution < -0.4 is 16.4 Å². The molecule has 2 amide bonds. The second-order valence-electron chi connectivity index (χ2n) is 7.83. The highest BCUT2D eigenvalue weighted by Gasteiger charge is 2.65. The van der Waals surface area contributed by atoms with Crippen LogP contribution in [0.1, 0.15) is 39.5 Å². The van der Waals surface area contributed by atoms with Gasteiger partial charge in [0.05, 0.1) is 12.1 Å². The molecule has 1 aliphatic heterocycles. The summed E-state index contributed by atoms with van der Waals surface area (Å²) in [6.07, 6.45) is 2.68. The van der Waals surface area contributed by atoms with Gasteiger partial charge in [0.15, 0.2) is 6.10 Å². The number of aliphatic hydroxyl groups is 1. The minimum absolute atomic E-state index is 0. The van der Waals surface area contributed by atoms with Crippen LogP contribution in [0.3, 0.4) is 0 Å². The van der Waals surface area contributed by atoms with E-state index in [1.165, 1.54) is 6.42 Å². The van der Waals surface area contributed by atoms with Crippen molar-refractivity contribution in [1.82, 2.24) is 10.6 Å². The van der Waals surface area contributed by atoms with Crippen molar-refractivity contribution in [1.29, 1.82) is 0 Å². The average molecular weight is 346 g/mol. The Hall–Kier alpha value is -0.850. The number of nitrogens with two attached hydrogens (primary N) is 1. The summed E-state index contributed by atoms with van der Waals surface area (Å²) in [5, 5.41) is 16.2. The van der Waals surface area contributed by atoms with Gasteiger partial charge in [0.2, 0.25) is 11.8 Å². The van der Waals surface area contributed by atoms with Gasteiger partial charge in [-0.2, -0.15) is 0 Å².